The molecule has 7 heteroatoms. The molecule has 0 spiro atoms. The third kappa shape index (κ3) is 4.90. The molecule has 0 aliphatic carbocycles. The Morgan fingerprint density at radius 3 is 2.53 bits per heavy atom. The van der Waals surface area contributed by atoms with Gasteiger partial charge in [0.15, 0.2) is 5.17 Å². The summed E-state index contributed by atoms with van der Waals surface area (Å²) in [5.41, 5.74) is 3.04. The van der Waals surface area contributed by atoms with Crippen molar-refractivity contribution in [2.24, 2.45) is 4.99 Å². The smallest absolute Gasteiger partial charge is 0.266 e. The van der Waals surface area contributed by atoms with E-state index in [2.05, 4.69) is 29.2 Å². The number of nitrogens with zero attached hydrogens (tertiary/aromatic N) is 3. The van der Waals surface area contributed by atoms with Gasteiger partial charge in [-0.3, -0.25) is 9.69 Å². The summed E-state index contributed by atoms with van der Waals surface area (Å²) in [6.07, 6.45) is 4.07. The number of amides is 1. The molecule has 2 aromatic carbocycles. The molecule has 1 unspecified atom stereocenters. The van der Waals surface area contributed by atoms with Gasteiger partial charge in [-0.05, 0) is 60.5 Å². The largest absolute Gasteiger partial charge is 0.378 e. The molecule has 1 atom stereocenters. The molecule has 1 amide bonds. The summed E-state index contributed by atoms with van der Waals surface area (Å²) in [6, 6.07) is 18.2. The summed E-state index contributed by atoms with van der Waals surface area (Å²) in [6.45, 7) is 4.66. The minimum atomic E-state index is -0.00237. The van der Waals surface area contributed by atoms with Gasteiger partial charge < -0.3 is 14.4 Å². The third-order valence-corrected chi connectivity index (χ3v) is 6.85. The van der Waals surface area contributed by atoms with E-state index in [-0.39, 0.29) is 12.0 Å². The van der Waals surface area contributed by atoms with E-state index in [1.54, 1.807) is 4.90 Å². The van der Waals surface area contributed by atoms with E-state index in [4.69, 9.17) is 14.5 Å². The average molecular weight is 450 g/mol. The SMILES string of the molecule is O=C1/C(=C/c2ccc(N3CCOCC3)cc2)SC(=Nc2ccccc2)N1CC1CCCO1. The summed E-state index contributed by atoms with van der Waals surface area (Å²) in [5.74, 6) is -0.00237. The lowest BCUT2D eigenvalue weighted by molar-refractivity contribution is -0.123. The molecule has 5 rings (SSSR count). The molecule has 32 heavy (non-hydrogen) atoms. The van der Waals surface area contributed by atoms with Gasteiger partial charge in [0, 0.05) is 25.4 Å². The lowest BCUT2D eigenvalue weighted by Crippen LogP contribution is -2.36. The van der Waals surface area contributed by atoms with Gasteiger partial charge in [0.2, 0.25) is 0 Å². The fraction of sp³-hybridized carbons (Fsp3) is 0.360. The maximum atomic E-state index is 13.3. The van der Waals surface area contributed by atoms with Crippen molar-refractivity contribution in [3.8, 4) is 0 Å². The number of rotatable bonds is 5. The Balaban J connectivity index is 1.37. The maximum absolute atomic E-state index is 13.3. The number of hydrogen-bond donors (Lipinski definition) is 0. The van der Waals surface area contributed by atoms with Crippen molar-refractivity contribution in [3.63, 3.8) is 0 Å². The fourth-order valence-electron chi connectivity index (χ4n) is 4.11. The number of aliphatic imine (C=N–C) groups is 1. The van der Waals surface area contributed by atoms with Crippen molar-refractivity contribution in [1.29, 1.82) is 0 Å². The number of thioether (sulfide) groups is 1. The monoisotopic (exact) mass is 449 g/mol. The van der Waals surface area contributed by atoms with Gasteiger partial charge in [0.1, 0.15) is 0 Å². The van der Waals surface area contributed by atoms with Crippen molar-refractivity contribution < 1.29 is 14.3 Å². The molecule has 3 aliphatic rings. The Bertz CT molecular complexity index is 995. The zero-order valence-corrected chi connectivity index (χ0v) is 18.8. The second kappa shape index (κ2) is 9.90. The first kappa shape index (κ1) is 21.2. The van der Waals surface area contributed by atoms with Crippen LogP contribution in [-0.4, -0.2) is 61.5 Å². The van der Waals surface area contributed by atoms with Crippen LogP contribution in [0.3, 0.4) is 0 Å². The first-order valence-electron chi connectivity index (χ1n) is 11.2. The zero-order chi connectivity index (χ0) is 21.8. The first-order valence-corrected chi connectivity index (χ1v) is 12.0. The van der Waals surface area contributed by atoms with Crippen LogP contribution in [-0.2, 0) is 14.3 Å². The Kier molecular flexibility index (Phi) is 6.57. The Morgan fingerprint density at radius 1 is 1.03 bits per heavy atom. The summed E-state index contributed by atoms with van der Waals surface area (Å²) < 4.78 is 11.2. The van der Waals surface area contributed by atoms with E-state index >= 15 is 0 Å². The summed E-state index contributed by atoms with van der Waals surface area (Å²) >= 11 is 1.44. The van der Waals surface area contributed by atoms with Crippen LogP contribution >= 0.6 is 11.8 Å². The molecule has 3 fully saturated rings. The van der Waals surface area contributed by atoms with Crippen molar-refractivity contribution in [3.05, 3.63) is 65.1 Å². The Labute approximate surface area is 192 Å². The van der Waals surface area contributed by atoms with Crippen LogP contribution in [0.2, 0.25) is 0 Å². The Morgan fingerprint density at radius 2 is 1.81 bits per heavy atom. The highest BCUT2D eigenvalue weighted by Crippen LogP contribution is 2.35. The number of hydrogen-bond acceptors (Lipinski definition) is 6. The van der Waals surface area contributed by atoms with E-state index in [0.29, 0.717) is 16.6 Å². The van der Waals surface area contributed by atoms with E-state index in [0.717, 1.165) is 57.0 Å². The van der Waals surface area contributed by atoms with Crippen molar-refractivity contribution >= 4 is 40.3 Å². The predicted octanol–water partition coefficient (Wildman–Crippen LogP) is 4.31. The van der Waals surface area contributed by atoms with E-state index < -0.39 is 0 Å². The number of benzene rings is 2. The van der Waals surface area contributed by atoms with E-state index in [1.165, 1.54) is 17.4 Å². The van der Waals surface area contributed by atoms with Gasteiger partial charge in [-0.1, -0.05) is 30.3 Å². The topological polar surface area (TPSA) is 54.4 Å². The normalized spacial score (nSPS) is 24.1. The van der Waals surface area contributed by atoms with Gasteiger partial charge in [-0.15, -0.1) is 0 Å². The van der Waals surface area contributed by atoms with Crippen LogP contribution < -0.4 is 4.90 Å². The predicted molar refractivity (Wildman–Crippen MR) is 129 cm³/mol. The van der Waals surface area contributed by atoms with Crippen molar-refractivity contribution in [2.45, 2.75) is 18.9 Å². The zero-order valence-electron chi connectivity index (χ0n) is 18.0. The lowest BCUT2D eigenvalue weighted by Gasteiger charge is -2.28. The van der Waals surface area contributed by atoms with Gasteiger partial charge in [-0.25, -0.2) is 4.99 Å². The average Bonchev–Trinajstić information content (AvgIpc) is 3.45. The second-order valence-electron chi connectivity index (χ2n) is 8.08. The summed E-state index contributed by atoms with van der Waals surface area (Å²) in [4.78, 5) is 22.9. The van der Waals surface area contributed by atoms with Gasteiger partial charge in [-0.2, -0.15) is 0 Å². The number of para-hydroxylation sites is 1. The number of morpholine rings is 1. The highest BCUT2D eigenvalue weighted by molar-refractivity contribution is 8.18. The Hall–Kier alpha value is -2.61. The quantitative estimate of drug-likeness (QED) is 0.637. The molecule has 0 aromatic heterocycles. The van der Waals surface area contributed by atoms with Crippen molar-refractivity contribution in [1.82, 2.24) is 4.90 Å². The molecule has 6 nitrogen and oxygen atoms in total. The first-order chi connectivity index (χ1) is 15.8. The van der Waals surface area contributed by atoms with Crippen LogP contribution in [0.4, 0.5) is 11.4 Å². The number of ether oxygens (including phenoxy) is 2. The molecule has 3 heterocycles. The minimum Gasteiger partial charge on any atom is -0.378 e. The maximum Gasteiger partial charge on any atom is 0.266 e. The van der Waals surface area contributed by atoms with E-state index in [9.17, 15) is 4.79 Å². The van der Waals surface area contributed by atoms with Crippen molar-refractivity contribution in [2.75, 3.05) is 44.4 Å². The molecule has 3 saturated heterocycles. The number of anilines is 1. The third-order valence-electron chi connectivity index (χ3n) is 5.85. The van der Waals surface area contributed by atoms with Crippen LogP contribution in [0, 0.1) is 0 Å². The molecule has 0 bridgehead atoms. The van der Waals surface area contributed by atoms with Gasteiger partial charge >= 0.3 is 0 Å². The molecular weight excluding hydrogens is 422 g/mol. The minimum absolute atomic E-state index is 0.00237. The second-order valence-corrected chi connectivity index (χ2v) is 9.09. The van der Waals surface area contributed by atoms with Crippen LogP contribution in [0.15, 0.2) is 64.5 Å². The molecular formula is C25H27N3O3S. The summed E-state index contributed by atoms with van der Waals surface area (Å²) in [7, 11) is 0. The highest BCUT2D eigenvalue weighted by Gasteiger charge is 2.35. The standard InChI is InChI=1S/C25H27N3O3S/c29-24-23(17-19-8-10-21(11-9-19)27-12-15-30-16-13-27)32-25(26-20-5-2-1-3-6-20)28(24)18-22-7-4-14-31-22/h1-3,5-6,8-11,17,22H,4,7,12-16,18H2/b23-17-,26-25?. The molecule has 166 valence electrons. The van der Waals surface area contributed by atoms with Gasteiger partial charge in [0.25, 0.3) is 5.91 Å². The number of amidine groups is 1. The summed E-state index contributed by atoms with van der Waals surface area (Å²) in [5, 5.41) is 0.716. The van der Waals surface area contributed by atoms with Crippen LogP contribution in [0.1, 0.15) is 18.4 Å². The molecule has 0 radical (unpaired) electrons. The molecule has 0 saturated carbocycles. The van der Waals surface area contributed by atoms with Gasteiger partial charge in [0.05, 0.1) is 36.5 Å². The lowest BCUT2D eigenvalue weighted by atomic mass is 10.1. The molecule has 3 aliphatic heterocycles. The number of carbonyl (C=O) groups is 1. The molecule has 2 aromatic rings. The van der Waals surface area contributed by atoms with Crippen LogP contribution in [0.5, 0.6) is 0 Å². The highest BCUT2D eigenvalue weighted by atomic mass is 32.2. The fourth-order valence-corrected chi connectivity index (χ4v) is 5.12. The van der Waals surface area contributed by atoms with E-state index in [1.807, 2.05) is 36.4 Å². The molecule has 0 N–H and O–H groups in total. The number of carbonyl (C=O) groups excluding carboxylic acids is 1. The van der Waals surface area contributed by atoms with Crippen LogP contribution in [0.25, 0.3) is 6.08 Å².